The zero-order chi connectivity index (χ0) is 13.7. The lowest BCUT2D eigenvalue weighted by Gasteiger charge is -2.13. The average Bonchev–Trinajstić information content (AvgIpc) is 2.85. The van der Waals surface area contributed by atoms with Gasteiger partial charge in [-0.05, 0) is 31.9 Å². The molecule has 0 atom stereocenters. The van der Waals surface area contributed by atoms with Crippen molar-refractivity contribution >= 4 is 11.7 Å². The van der Waals surface area contributed by atoms with Crippen LogP contribution in [0.3, 0.4) is 0 Å². The molecule has 0 aromatic heterocycles. The van der Waals surface area contributed by atoms with Gasteiger partial charge in [0.05, 0.1) is 6.61 Å². The normalized spacial score (nSPS) is 15.3. The molecule has 0 heterocycles. The first-order valence-electron chi connectivity index (χ1n) is 6.69. The Bertz CT molecular complexity index is 445. The summed E-state index contributed by atoms with van der Waals surface area (Å²) in [6.45, 7) is 2.20. The zero-order valence-electron chi connectivity index (χ0n) is 11.0. The van der Waals surface area contributed by atoms with Crippen LogP contribution in [0.1, 0.15) is 32.6 Å². The summed E-state index contributed by atoms with van der Waals surface area (Å²) in [7, 11) is 0. The van der Waals surface area contributed by atoms with Gasteiger partial charge >= 0.3 is 6.03 Å². The molecule has 0 bridgehead atoms. The number of halogens is 1. The Balaban J connectivity index is 1.91. The predicted molar refractivity (Wildman–Crippen MR) is 72.0 cm³/mol. The van der Waals surface area contributed by atoms with E-state index in [1.807, 2.05) is 0 Å². The number of ether oxygens (including phenoxy) is 1. The monoisotopic (exact) mass is 266 g/mol. The van der Waals surface area contributed by atoms with Crippen LogP contribution in [0.2, 0.25) is 0 Å². The van der Waals surface area contributed by atoms with Gasteiger partial charge < -0.3 is 15.4 Å². The van der Waals surface area contributed by atoms with Gasteiger partial charge in [0.2, 0.25) is 0 Å². The number of urea groups is 1. The van der Waals surface area contributed by atoms with Crippen molar-refractivity contribution in [3.8, 4) is 5.75 Å². The van der Waals surface area contributed by atoms with Gasteiger partial charge in [0, 0.05) is 17.8 Å². The van der Waals surface area contributed by atoms with Crippen molar-refractivity contribution < 1.29 is 13.9 Å². The second kappa shape index (κ2) is 6.41. The minimum atomic E-state index is -0.472. The second-order valence-corrected chi connectivity index (χ2v) is 4.66. The van der Waals surface area contributed by atoms with Crippen molar-refractivity contribution in [2.75, 3.05) is 11.9 Å². The average molecular weight is 266 g/mol. The Labute approximate surface area is 112 Å². The highest BCUT2D eigenvalue weighted by molar-refractivity contribution is 5.89. The van der Waals surface area contributed by atoms with Crippen LogP contribution in [-0.2, 0) is 0 Å². The van der Waals surface area contributed by atoms with Gasteiger partial charge in [-0.3, -0.25) is 0 Å². The van der Waals surface area contributed by atoms with Crippen LogP contribution in [0.4, 0.5) is 14.9 Å². The Morgan fingerprint density at radius 1 is 1.42 bits per heavy atom. The highest BCUT2D eigenvalue weighted by Crippen LogP contribution is 2.21. The molecule has 1 saturated carbocycles. The molecular formula is C14H19FN2O2. The highest BCUT2D eigenvalue weighted by atomic mass is 19.1. The van der Waals surface area contributed by atoms with Crippen molar-refractivity contribution in [2.45, 2.75) is 38.6 Å². The zero-order valence-corrected chi connectivity index (χ0v) is 11.0. The molecule has 0 spiro atoms. The molecule has 2 rings (SSSR count). The minimum absolute atomic E-state index is 0.198. The maximum atomic E-state index is 13.6. The Kier molecular flexibility index (Phi) is 4.60. The third-order valence-electron chi connectivity index (χ3n) is 3.18. The predicted octanol–water partition coefficient (Wildman–Crippen LogP) is 3.29. The van der Waals surface area contributed by atoms with Crippen LogP contribution < -0.4 is 15.4 Å². The molecular weight excluding hydrogens is 247 g/mol. The summed E-state index contributed by atoms with van der Waals surface area (Å²) in [5.41, 5.74) is 0.427. The molecule has 1 fully saturated rings. The largest absolute Gasteiger partial charge is 0.491 e. The topological polar surface area (TPSA) is 50.4 Å². The van der Waals surface area contributed by atoms with E-state index in [9.17, 15) is 9.18 Å². The Morgan fingerprint density at radius 2 is 2.16 bits per heavy atom. The molecule has 4 nitrogen and oxygen atoms in total. The van der Waals surface area contributed by atoms with Crippen LogP contribution in [0, 0.1) is 5.82 Å². The summed E-state index contributed by atoms with van der Waals surface area (Å²) in [6.07, 6.45) is 4.35. The molecule has 1 aliphatic carbocycles. The number of benzene rings is 1. The maximum Gasteiger partial charge on any atom is 0.319 e. The smallest absolute Gasteiger partial charge is 0.319 e. The SMILES string of the molecule is CCOc1ccc(NC(=O)NC2CCCC2)cc1F. The molecule has 0 radical (unpaired) electrons. The number of nitrogens with one attached hydrogen (secondary N) is 2. The molecule has 2 amide bonds. The quantitative estimate of drug-likeness (QED) is 0.878. The van der Waals surface area contributed by atoms with Crippen LogP contribution in [-0.4, -0.2) is 18.7 Å². The lowest BCUT2D eigenvalue weighted by Crippen LogP contribution is -2.36. The molecule has 1 aromatic carbocycles. The van der Waals surface area contributed by atoms with Gasteiger partial charge in [-0.15, -0.1) is 0 Å². The van der Waals surface area contributed by atoms with Crippen molar-refractivity contribution in [1.82, 2.24) is 5.32 Å². The van der Waals surface area contributed by atoms with E-state index in [0.29, 0.717) is 12.3 Å². The molecule has 1 aromatic rings. The molecule has 0 unspecified atom stereocenters. The lowest BCUT2D eigenvalue weighted by molar-refractivity contribution is 0.248. The summed E-state index contributed by atoms with van der Waals surface area (Å²) in [5.74, 6) is -0.273. The van der Waals surface area contributed by atoms with E-state index < -0.39 is 5.82 Å². The van der Waals surface area contributed by atoms with Gasteiger partial charge in [-0.1, -0.05) is 12.8 Å². The van der Waals surface area contributed by atoms with Gasteiger partial charge in [-0.2, -0.15) is 0 Å². The number of amides is 2. The molecule has 5 heteroatoms. The number of carbonyl (C=O) groups excluding carboxylic acids is 1. The van der Waals surface area contributed by atoms with Gasteiger partial charge in [-0.25, -0.2) is 9.18 Å². The van der Waals surface area contributed by atoms with E-state index in [1.54, 1.807) is 13.0 Å². The van der Waals surface area contributed by atoms with E-state index in [4.69, 9.17) is 4.74 Å². The Hall–Kier alpha value is -1.78. The maximum absolute atomic E-state index is 13.6. The van der Waals surface area contributed by atoms with Gasteiger partial charge in [0.25, 0.3) is 0 Å². The molecule has 0 saturated heterocycles. The third kappa shape index (κ3) is 3.84. The lowest BCUT2D eigenvalue weighted by atomic mass is 10.2. The highest BCUT2D eigenvalue weighted by Gasteiger charge is 2.17. The summed E-state index contributed by atoms with van der Waals surface area (Å²) >= 11 is 0. The number of hydrogen-bond acceptors (Lipinski definition) is 2. The fraction of sp³-hybridized carbons (Fsp3) is 0.500. The minimum Gasteiger partial charge on any atom is -0.491 e. The standard InChI is InChI=1S/C14H19FN2O2/c1-2-19-13-8-7-11(9-12(13)15)17-14(18)16-10-5-3-4-6-10/h7-10H,2-6H2,1H3,(H2,16,17,18). The molecule has 2 N–H and O–H groups in total. The van der Waals surface area contributed by atoms with Crippen LogP contribution in [0.5, 0.6) is 5.75 Å². The summed E-state index contributed by atoms with van der Waals surface area (Å²) in [5, 5.41) is 5.52. The Morgan fingerprint density at radius 3 is 2.79 bits per heavy atom. The van der Waals surface area contributed by atoms with Crippen LogP contribution >= 0.6 is 0 Å². The first-order valence-corrected chi connectivity index (χ1v) is 6.69. The van der Waals surface area contributed by atoms with Crippen molar-refractivity contribution in [2.24, 2.45) is 0 Å². The van der Waals surface area contributed by atoms with E-state index in [2.05, 4.69) is 10.6 Å². The second-order valence-electron chi connectivity index (χ2n) is 4.66. The van der Waals surface area contributed by atoms with Crippen LogP contribution in [0.15, 0.2) is 18.2 Å². The van der Waals surface area contributed by atoms with Crippen molar-refractivity contribution in [3.63, 3.8) is 0 Å². The number of anilines is 1. The van der Waals surface area contributed by atoms with E-state index in [1.165, 1.54) is 12.1 Å². The molecule has 1 aliphatic rings. The van der Waals surface area contributed by atoms with Crippen molar-refractivity contribution in [3.05, 3.63) is 24.0 Å². The molecule has 0 aliphatic heterocycles. The fourth-order valence-corrected chi connectivity index (χ4v) is 2.27. The van der Waals surface area contributed by atoms with E-state index >= 15 is 0 Å². The van der Waals surface area contributed by atoms with Gasteiger partial charge in [0.15, 0.2) is 11.6 Å². The third-order valence-corrected chi connectivity index (χ3v) is 3.18. The van der Waals surface area contributed by atoms with E-state index in [0.717, 1.165) is 25.7 Å². The first kappa shape index (κ1) is 13.6. The van der Waals surface area contributed by atoms with Crippen molar-refractivity contribution in [1.29, 1.82) is 0 Å². The van der Waals surface area contributed by atoms with Crippen LogP contribution in [0.25, 0.3) is 0 Å². The van der Waals surface area contributed by atoms with E-state index in [-0.39, 0.29) is 17.8 Å². The summed E-state index contributed by atoms with van der Waals surface area (Å²) in [4.78, 5) is 11.7. The first-order chi connectivity index (χ1) is 9.19. The fourth-order valence-electron chi connectivity index (χ4n) is 2.27. The number of carbonyl (C=O) groups is 1. The number of hydrogen-bond donors (Lipinski definition) is 2. The summed E-state index contributed by atoms with van der Waals surface area (Å²) < 4.78 is 18.7. The number of rotatable bonds is 4. The summed E-state index contributed by atoms with van der Waals surface area (Å²) in [6, 6.07) is 4.37. The molecule has 19 heavy (non-hydrogen) atoms. The molecule has 104 valence electrons. The van der Waals surface area contributed by atoms with Gasteiger partial charge in [0.1, 0.15) is 0 Å².